The molecule has 0 radical (unpaired) electrons. The molecule has 2 aromatic heterocycles. The van der Waals surface area contributed by atoms with Crippen molar-refractivity contribution in [2.45, 2.75) is 324 Å². The zero-order valence-electron chi connectivity index (χ0n) is 67.9. The first-order valence-electron chi connectivity index (χ1n) is 41.0. The molecule has 4 amide bonds. The maximum Gasteiger partial charge on any atom is 0.410 e. The third kappa shape index (κ3) is 25.1. The van der Waals surface area contributed by atoms with Crippen molar-refractivity contribution in [1.82, 2.24) is 46.0 Å². The lowest BCUT2D eigenvalue weighted by Crippen LogP contribution is -2.45. The van der Waals surface area contributed by atoms with Crippen molar-refractivity contribution in [2.75, 3.05) is 19.6 Å². The molecule has 9 N–H and O–H groups in total. The predicted molar refractivity (Wildman–Crippen MR) is 422 cm³/mol. The van der Waals surface area contributed by atoms with Crippen molar-refractivity contribution in [3.8, 4) is 0 Å². The number of carbonyl (C=O) groups is 5. The number of amidine groups is 1. The Morgan fingerprint density at radius 2 is 0.901 bits per heavy atom. The molecular weight excluding hydrogens is 1410 g/mol. The number of aliphatic carboxylic acids is 1. The van der Waals surface area contributed by atoms with Gasteiger partial charge in [0.25, 0.3) is 0 Å². The molecule has 0 unspecified atom stereocenters. The first-order valence-corrected chi connectivity index (χ1v) is 41.0. The summed E-state index contributed by atoms with van der Waals surface area (Å²) >= 11 is 0. The summed E-state index contributed by atoms with van der Waals surface area (Å²) in [4.78, 5) is 73.8. The summed E-state index contributed by atoms with van der Waals surface area (Å²) in [5.74, 6) is 5.23. The average molecular weight is 1540 g/mol. The van der Waals surface area contributed by atoms with Crippen LogP contribution in [0.1, 0.15) is 282 Å². The van der Waals surface area contributed by atoms with Crippen LogP contribution in [0, 0.1) is 23.2 Å². The third-order valence-electron chi connectivity index (χ3n) is 23.2. The van der Waals surface area contributed by atoms with E-state index in [0.29, 0.717) is 66.5 Å². The molecule has 0 spiro atoms. The predicted octanol–water partition coefficient (Wildman–Crippen LogP) is 15.7. The summed E-state index contributed by atoms with van der Waals surface area (Å²) in [6.45, 7) is 24.4. The second-order valence-electron chi connectivity index (χ2n) is 37.5. The summed E-state index contributed by atoms with van der Waals surface area (Å²) in [6, 6.07) is 32.9. The Morgan fingerprint density at radius 1 is 0.514 bits per heavy atom. The topological polar surface area (TPSA) is 348 Å². The number of oxime groups is 1. The standard InChI is InChI=1S/C32H46N4O5.C22H30N4O.C19H27N3O3.C13H23NO4/c1-30(2,3)39-28(37)33-23-14-12-21(13-15-23)18-26-34-27(35-41-26)32(16-17-32)20-36(29(38)40-31(4,5)6)25-19-24(25)22-10-8-7-9-11-22;23-17-8-6-15(7-9-17)12-20-25-21(26-27-20)22(10-11-22)14-24-19-13-18(19)16-4-2-1-3-5-16;1-18(2,3)25-17(23)22(12-19(9-10-19)16(20)21-24)15-11-14(15)13-7-5-4-6-8-13;1-13(2,3)18-12(17)14-10-6-4-9(5-7-10)8-11(15)16/h7-11,21,23-25H,12-20H2,1-6H3,(H,33,37);1-5,15,17-19,24H,6-14,23H2;4-8,14-15,24H,9-12H2,1-3H3,(H2,20,21);9-10H,4-8H2,1-3H3,(H,14,17)(H,15,16)/t21?,23?,24-,25+;15?,17?,18-,19+;14-,15+;/m000./s1. The molecule has 25 nitrogen and oxygen atoms in total. The lowest BCUT2D eigenvalue weighted by molar-refractivity contribution is -0.138. The van der Waals surface area contributed by atoms with Crippen molar-refractivity contribution in [3.05, 3.63) is 131 Å². The highest BCUT2D eigenvalue weighted by Gasteiger charge is 2.57. The van der Waals surface area contributed by atoms with Gasteiger partial charge in [0.15, 0.2) is 11.6 Å². The summed E-state index contributed by atoms with van der Waals surface area (Å²) in [7, 11) is 0. The second kappa shape index (κ2) is 35.4. The lowest BCUT2D eigenvalue weighted by atomic mass is 9.84. The molecule has 9 fully saturated rings. The van der Waals surface area contributed by atoms with Gasteiger partial charge in [-0.3, -0.25) is 4.79 Å². The number of nitrogens with one attached hydrogen (secondary N) is 3. The monoisotopic (exact) mass is 1530 g/mol. The number of carboxylic acid groups (broad SMARTS) is 1. The summed E-state index contributed by atoms with van der Waals surface area (Å²) in [6.07, 6.45) is 21.3. The number of rotatable bonds is 23. The number of nitrogens with two attached hydrogens (primary N) is 2. The molecule has 9 saturated carbocycles. The van der Waals surface area contributed by atoms with Crippen LogP contribution in [0.3, 0.4) is 0 Å². The van der Waals surface area contributed by atoms with Gasteiger partial charge in [0.05, 0.1) is 5.41 Å². The third-order valence-corrected chi connectivity index (χ3v) is 23.2. The van der Waals surface area contributed by atoms with Gasteiger partial charge in [0.1, 0.15) is 28.2 Å². The average Bonchev–Trinajstić information content (AvgIpc) is 1.59. The van der Waals surface area contributed by atoms with Crippen molar-refractivity contribution >= 4 is 36.2 Å². The van der Waals surface area contributed by atoms with E-state index in [0.717, 1.165) is 134 Å². The highest BCUT2D eigenvalue weighted by Crippen LogP contribution is 2.54. The number of hydrogen-bond acceptors (Lipinski definition) is 19. The van der Waals surface area contributed by atoms with Crippen LogP contribution in [0.2, 0.25) is 0 Å². The fourth-order valence-corrected chi connectivity index (χ4v) is 16.1. The van der Waals surface area contributed by atoms with Gasteiger partial charge in [0, 0.05) is 104 Å². The minimum Gasteiger partial charge on any atom is -0.481 e. The van der Waals surface area contributed by atoms with Crippen molar-refractivity contribution in [2.24, 2.45) is 39.8 Å². The van der Waals surface area contributed by atoms with Crippen LogP contribution in [-0.2, 0) is 47.4 Å². The number of alkyl carbamates (subject to hydrolysis) is 2. The molecule has 9 aliphatic carbocycles. The molecule has 3 aromatic carbocycles. The number of carboxylic acids is 1. The molecule has 6 atom stereocenters. The molecule has 25 heteroatoms. The van der Waals surface area contributed by atoms with Crippen LogP contribution < -0.4 is 27.4 Å². The summed E-state index contributed by atoms with van der Waals surface area (Å²) in [5, 5.41) is 39.3. The van der Waals surface area contributed by atoms with E-state index in [9.17, 15) is 24.0 Å². The van der Waals surface area contributed by atoms with Crippen LogP contribution in [0.15, 0.2) is 105 Å². The van der Waals surface area contributed by atoms with Crippen molar-refractivity contribution < 1.29 is 62.3 Å². The number of aromatic nitrogens is 4. The fraction of sp³-hybridized carbons (Fsp3) is 0.674. The minimum atomic E-state index is -0.737. The number of benzene rings is 3. The quantitative estimate of drug-likeness (QED) is 0.0105. The maximum absolute atomic E-state index is 13.4. The van der Waals surface area contributed by atoms with Crippen LogP contribution in [0.5, 0.6) is 0 Å². The minimum absolute atomic E-state index is 0.0983. The van der Waals surface area contributed by atoms with Gasteiger partial charge in [-0.25, -0.2) is 19.2 Å². The highest BCUT2D eigenvalue weighted by atomic mass is 16.6. The molecule has 0 bridgehead atoms. The van der Waals surface area contributed by atoms with Gasteiger partial charge in [-0.15, -0.1) is 0 Å². The Bertz CT molecular complexity index is 3880. The van der Waals surface area contributed by atoms with E-state index in [1.54, 1.807) is 4.90 Å². The molecule has 2 heterocycles. The number of ether oxygens (including phenoxy) is 4. The number of hydrogen-bond donors (Lipinski definition) is 7. The molecule has 0 aliphatic heterocycles. The van der Waals surface area contributed by atoms with E-state index in [1.165, 1.54) is 48.8 Å². The van der Waals surface area contributed by atoms with Crippen LogP contribution in [0.25, 0.3) is 0 Å². The van der Waals surface area contributed by atoms with Crippen LogP contribution >= 0.6 is 0 Å². The Balaban J connectivity index is 0.000000153. The Kier molecular flexibility index (Phi) is 26.6. The Hall–Kier alpha value is -8.32. The zero-order chi connectivity index (χ0) is 79.7. The molecule has 0 saturated heterocycles. The highest BCUT2D eigenvalue weighted by molar-refractivity contribution is 5.89. The maximum atomic E-state index is 13.4. The SMILES string of the molecule is CC(C)(C)OC(=O)N(CC1(C(N)=NO)CC1)[C@@H]1C[C@H]1c1ccccc1.CC(C)(C)OC(=O)NC1CCC(CC(=O)O)CC1.CC(C)(C)OC(=O)NC1CCC(Cc2nc(C3(CN(C(=O)OC(C)(C)C)[C@@H]4C[C@H]4c4ccccc4)CC3)no2)CC1.NC1CCC(Cc2nc(C3(CN[C@@H]4C[C@H]4c4ccccc4)CC3)no2)CC1. The number of carbonyl (C=O) groups excluding carboxylic acids is 4. The molecule has 9 aliphatic rings. The Morgan fingerprint density at radius 3 is 1.29 bits per heavy atom. The first kappa shape index (κ1) is 83.6. The van der Waals surface area contributed by atoms with Crippen LogP contribution in [0.4, 0.5) is 19.2 Å². The molecule has 5 aromatic rings. The van der Waals surface area contributed by atoms with E-state index in [2.05, 4.69) is 98.1 Å². The van der Waals surface area contributed by atoms with Crippen LogP contribution in [-0.4, -0.2) is 155 Å². The molecular formula is C86H126N12O13. The Labute approximate surface area is 656 Å². The molecule has 14 rings (SSSR count). The summed E-state index contributed by atoms with van der Waals surface area (Å²) < 4.78 is 33.4. The largest absolute Gasteiger partial charge is 0.481 e. The van der Waals surface area contributed by atoms with E-state index in [-0.39, 0.29) is 77.5 Å². The van der Waals surface area contributed by atoms with Gasteiger partial charge < -0.3 is 75.5 Å². The second-order valence-corrected chi connectivity index (χ2v) is 37.5. The summed E-state index contributed by atoms with van der Waals surface area (Å²) in [5.41, 5.74) is 13.2. The van der Waals surface area contributed by atoms with Gasteiger partial charge >= 0.3 is 30.3 Å². The van der Waals surface area contributed by atoms with E-state index < -0.39 is 33.8 Å². The van der Waals surface area contributed by atoms with E-state index in [4.69, 9.17) is 59.7 Å². The molecule has 608 valence electrons. The number of amides is 4. The fourth-order valence-electron chi connectivity index (χ4n) is 16.1. The van der Waals surface area contributed by atoms with Gasteiger partial charge in [0.2, 0.25) is 11.8 Å². The zero-order valence-corrected chi connectivity index (χ0v) is 67.9. The lowest BCUT2D eigenvalue weighted by Gasteiger charge is -2.30. The van der Waals surface area contributed by atoms with Gasteiger partial charge in [-0.05, 0) is 252 Å². The number of nitrogens with zero attached hydrogens (tertiary/aromatic N) is 7. The van der Waals surface area contributed by atoms with Crippen molar-refractivity contribution in [3.63, 3.8) is 0 Å². The van der Waals surface area contributed by atoms with Crippen molar-refractivity contribution in [1.29, 1.82) is 0 Å². The van der Waals surface area contributed by atoms with E-state index >= 15 is 0 Å². The smallest absolute Gasteiger partial charge is 0.410 e. The molecule has 111 heavy (non-hydrogen) atoms. The first-order chi connectivity index (χ1) is 52.5. The van der Waals surface area contributed by atoms with Gasteiger partial charge in [-0.1, -0.05) is 106 Å². The van der Waals surface area contributed by atoms with Gasteiger partial charge in [-0.2, -0.15) is 9.97 Å². The van der Waals surface area contributed by atoms with E-state index in [1.807, 2.05) is 112 Å². The normalized spacial score (nSPS) is 26.5.